The highest BCUT2D eigenvalue weighted by molar-refractivity contribution is 5.85. The third-order valence-electron chi connectivity index (χ3n) is 3.59. The Hall–Kier alpha value is -1.77. The first kappa shape index (κ1) is 17.3. The monoisotopic (exact) mass is 290 g/mol. The minimum Gasteiger partial charge on any atom is -0.493 e. The molecule has 1 aromatic rings. The Morgan fingerprint density at radius 2 is 2.14 bits per heavy atom. The van der Waals surface area contributed by atoms with Crippen LogP contribution in [-0.4, -0.2) is 17.7 Å². The van der Waals surface area contributed by atoms with Gasteiger partial charge in [-0.05, 0) is 37.5 Å². The summed E-state index contributed by atoms with van der Waals surface area (Å²) in [5.74, 6) is 0.368. The highest BCUT2D eigenvalue weighted by Crippen LogP contribution is 2.23. The van der Waals surface area contributed by atoms with Crippen LogP contribution in [0, 0.1) is 12.8 Å². The van der Waals surface area contributed by atoms with Crippen molar-refractivity contribution in [3.8, 4) is 5.75 Å². The molecule has 0 aliphatic heterocycles. The van der Waals surface area contributed by atoms with Gasteiger partial charge in [0.15, 0.2) is 0 Å². The fraction of sp³-hybridized carbons (Fsp3) is 0.500. The number of rotatable bonds is 9. The molecule has 3 nitrogen and oxygen atoms in total. The Kier molecular flexibility index (Phi) is 7.59. The third kappa shape index (κ3) is 6.48. The third-order valence-corrected chi connectivity index (χ3v) is 3.59. The lowest BCUT2D eigenvalue weighted by Gasteiger charge is -2.17. The molecule has 3 heteroatoms. The molecule has 0 amide bonds. The van der Waals surface area contributed by atoms with Gasteiger partial charge in [0.05, 0.1) is 6.61 Å². The molecule has 0 aliphatic rings. The van der Waals surface area contributed by atoms with Crippen molar-refractivity contribution >= 4 is 12.0 Å². The zero-order valence-electron chi connectivity index (χ0n) is 13.3. The number of aryl methyl sites for hydroxylation is 1. The van der Waals surface area contributed by atoms with E-state index in [0.717, 1.165) is 29.4 Å². The second-order valence-corrected chi connectivity index (χ2v) is 5.44. The molecule has 0 saturated heterocycles. The van der Waals surface area contributed by atoms with Gasteiger partial charge in [-0.3, -0.25) is 0 Å². The Labute approximate surface area is 127 Å². The minimum absolute atomic E-state index is 0.558. The molecule has 1 N–H and O–H groups in total. The predicted octanol–water partition coefficient (Wildman–Crippen LogP) is 4.69. The Morgan fingerprint density at radius 3 is 2.76 bits per heavy atom. The van der Waals surface area contributed by atoms with Gasteiger partial charge in [-0.25, -0.2) is 4.79 Å². The molecule has 0 aromatic heterocycles. The molecule has 21 heavy (non-hydrogen) atoms. The van der Waals surface area contributed by atoms with E-state index in [9.17, 15) is 4.79 Å². The van der Waals surface area contributed by atoms with Crippen molar-refractivity contribution in [1.82, 2.24) is 0 Å². The van der Waals surface area contributed by atoms with Crippen LogP contribution in [0.4, 0.5) is 0 Å². The standard InChI is InChI=1S/C18H26O3/c1-4-6-7-15(5-2)13-21-17-10-8-14(3)12-16(17)9-11-18(19)20/h8-12,15H,4-7,13H2,1-3H3,(H,19,20). The van der Waals surface area contributed by atoms with Crippen LogP contribution in [0.2, 0.25) is 0 Å². The second-order valence-electron chi connectivity index (χ2n) is 5.44. The number of ether oxygens (including phenoxy) is 1. The largest absolute Gasteiger partial charge is 0.493 e. The Balaban J connectivity index is 2.75. The maximum atomic E-state index is 10.7. The number of hydrogen-bond acceptors (Lipinski definition) is 2. The van der Waals surface area contributed by atoms with Gasteiger partial charge in [0.25, 0.3) is 0 Å². The molecular weight excluding hydrogens is 264 g/mol. The van der Waals surface area contributed by atoms with Gasteiger partial charge in [0.1, 0.15) is 5.75 Å². The first-order chi connectivity index (χ1) is 10.1. The van der Waals surface area contributed by atoms with Crippen LogP contribution < -0.4 is 4.74 Å². The van der Waals surface area contributed by atoms with E-state index in [1.165, 1.54) is 19.3 Å². The van der Waals surface area contributed by atoms with Crippen LogP contribution in [0.3, 0.4) is 0 Å². The summed E-state index contributed by atoms with van der Waals surface area (Å²) < 4.78 is 5.93. The lowest BCUT2D eigenvalue weighted by Crippen LogP contribution is -2.11. The molecule has 0 aliphatic carbocycles. The summed E-state index contributed by atoms with van der Waals surface area (Å²) in [5, 5.41) is 8.76. The summed E-state index contributed by atoms with van der Waals surface area (Å²) in [6.07, 6.45) is 7.45. The molecule has 116 valence electrons. The molecule has 0 fully saturated rings. The van der Waals surface area contributed by atoms with Crippen LogP contribution in [-0.2, 0) is 4.79 Å². The number of carbonyl (C=O) groups is 1. The Bertz CT molecular complexity index is 477. The van der Waals surface area contributed by atoms with Crippen molar-refractivity contribution in [3.63, 3.8) is 0 Å². The summed E-state index contributed by atoms with van der Waals surface area (Å²) in [6, 6.07) is 5.85. The molecule has 1 unspecified atom stereocenters. The zero-order chi connectivity index (χ0) is 15.7. The number of benzene rings is 1. The lowest BCUT2D eigenvalue weighted by atomic mass is 10.0. The Morgan fingerprint density at radius 1 is 1.38 bits per heavy atom. The molecule has 0 radical (unpaired) electrons. The quantitative estimate of drug-likeness (QED) is 0.671. The van der Waals surface area contributed by atoms with Crippen molar-refractivity contribution < 1.29 is 14.6 Å². The second kappa shape index (κ2) is 9.22. The van der Waals surface area contributed by atoms with Crippen molar-refractivity contribution in [3.05, 3.63) is 35.4 Å². The van der Waals surface area contributed by atoms with Gasteiger partial charge >= 0.3 is 5.97 Å². The van der Waals surface area contributed by atoms with Crippen molar-refractivity contribution in [2.75, 3.05) is 6.61 Å². The lowest BCUT2D eigenvalue weighted by molar-refractivity contribution is -0.131. The summed E-state index contributed by atoms with van der Waals surface area (Å²) in [6.45, 7) is 7.05. The smallest absolute Gasteiger partial charge is 0.328 e. The number of carboxylic acid groups (broad SMARTS) is 1. The molecule has 0 bridgehead atoms. The topological polar surface area (TPSA) is 46.5 Å². The molecule has 0 heterocycles. The van der Waals surface area contributed by atoms with Crippen LogP contribution in [0.15, 0.2) is 24.3 Å². The van der Waals surface area contributed by atoms with Gasteiger partial charge in [0, 0.05) is 11.6 Å². The van der Waals surface area contributed by atoms with Gasteiger partial charge in [0.2, 0.25) is 0 Å². The maximum Gasteiger partial charge on any atom is 0.328 e. The van der Waals surface area contributed by atoms with Crippen molar-refractivity contribution in [2.45, 2.75) is 46.5 Å². The molecule has 0 saturated carbocycles. The molecular formula is C18H26O3. The summed E-state index contributed by atoms with van der Waals surface area (Å²) >= 11 is 0. The summed E-state index contributed by atoms with van der Waals surface area (Å²) in [7, 11) is 0. The first-order valence-corrected chi connectivity index (χ1v) is 7.71. The fourth-order valence-corrected chi connectivity index (χ4v) is 2.20. The normalized spacial score (nSPS) is 12.5. The number of carboxylic acids is 1. The van der Waals surface area contributed by atoms with Gasteiger partial charge < -0.3 is 9.84 Å². The average molecular weight is 290 g/mol. The molecule has 0 spiro atoms. The molecule has 1 atom stereocenters. The predicted molar refractivity (Wildman–Crippen MR) is 86.6 cm³/mol. The van der Waals surface area contributed by atoms with Crippen LogP contribution >= 0.6 is 0 Å². The van der Waals surface area contributed by atoms with Crippen LogP contribution in [0.1, 0.15) is 50.7 Å². The van der Waals surface area contributed by atoms with E-state index >= 15 is 0 Å². The minimum atomic E-state index is -0.947. The number of aliphatic carboxylic acids is 1. The van der Waals surface area contributed by atoms with Gasteiger partial charge in [-0.2, -0.15) is 0 Å². The SMILES string of the molecule is CCCCC(CC)COc1ccc(C)cc1C=CC(=O)O. The summed E-state index contributed by atoms with van der Waals surface area (Å²) in [4.78, 5) is 10.7. The van der Waals surface area contributed by atoms with Crippen LogP contribution in [0.5, 0.6) is 5.75 Å². The van der Waals surface area contributed by atoms with E-state index in [1.807, 2.05) is 25.1 Å². The number of hydrogen-bond donors (Lipinski definition) is 1. The highest BCUT2D eigenvalue weighted by Gasteiger charge is 2.09. The van der Waals surface area contributed by atoms with Crippen molar-refractivity contribution in [2.24, 2.45) is 5.92 Å². The van der Waals surface area contributed by atoms with Gasteiger partial charge in [-0.1, -0.05) is 44.7 Å². The summed E-state index contributed by atoms with van der Waals surface area (Å²) in [5.41, 5.74) is 1.91. The zero-order valence-corrected chi connectivity index (χ0v) is 13.3. The van der Waals surface area contributed by atoms with Crippen LogP contribution in [0.25, 0.3) is 6.08 Å². The van der Waals surface area contributed by atoms with E-state index in [0.29, 0.717) is 12.5 Å². The molecule has 1 rings (SSSR count). The van der Waals surface area contributed by atoms with Gasteiger partial charge in [-0.15, -0.1) is 0 Å². The van der Waals surface area contributed by atoms with Crippen molar-refractivity contribution in [1.29, 1.82) is 0 Å². The van der Waals surface area contributed by atoms with E-state index in [4.69, 9.17) is 9.84 Å². The average Bonchev–Trinajstić information content (AvgIpc) is 2.46. The van der Waals surface area contributed by atoms with E-state index in [1.54, 1.807) is 6.08 Å². The fourth-order valence-electron chi connectivity index (χ4n) is 2.20. The first-order valence-electron chi connectivity index (χ1n) is 7.71. The highest BCUT2D eigenvalue weighted by atomic mass is 16.5. The van der Waals surface area contributed by atoms with E-state index in [-0.39, 0.29) is 0 Å². The maximum absolute atomic E-state index is 10.7. The van der Waals surface area contributed by atoms with E-state index < -0.39 is 5.97 Å². The van der Waals surface area contributed by atoms with E-state index in [2.05, 4.69) is 13.8 Å². The molecule has 1 aromatic carbocycles. The number of unbranched alkanes of at least 4 members (excludes halogenated alkanes) is 1.